The number of nitrogens with one attached hydrogen (secondary N) is 1. The Hall–Kier alpha value is -2.33. The fourth-order valence-electron chi connectivity index (χ4n) is 4.05. The van der Waals surface area contributed by atoms with Crippen LogP contribution >= 0.6 is 0 Å². The zero-order valence-electron chi connectivity index (χ0n) is 19.0. The van der Waals surface area contributed by atoms with Gasteiger partial charge in [-0.25, -0.2) is 13.1 Å². The van der Waals surface area contributed by atoms with Gasteiger partial charge in [-0.15, -0.1) is 0 Å². The zero-order chi connectivity index (χ0) is 22.7. The Morgan fingerprint density at radius 1 is 0.969 bits per heavy atom. The van der Waals surface area contributed by atoms with Gasteiger partial charge in [0.15, 0.2) is 11.5 Å². The van der Waals surface area contributed by atoms with E-state index in [-0.39, 0.29) is 10.9 Å². The second-order valence-electron chi connectivity index (χ2n) is 8.50. The molecule has 32 heavy (non-hydrogen) atoms. The van der Waals surface area contributed by atoms with Crippen LogP contribution in [0.5, 0.6) is 11.5 Å². The maximum Gasteiger partial charge on any atom is 0.240 e. The van der Waals surface area contributed by atoms with Crippen LogP contribution in [0.25, 0.3) is 0 Å². The number of rotatable bonds is 7. The minimum atomic E-state index is -3.70. The maximum absolute atomic E-state index is 13.1. The van der Waals surface area contributed by atoms with Crippen LogP contribution in [0.2, 0.25) is 0 Å². The summed E-state index contributed by atoms with van der Waals surface area (Å²) in [6.45, 7) is 4.88. The van der Waals surface area contributed by atoms with Gasteiger partial charge in [0.1, 0.15) is 13.2 Å². The molecule has 8 nitrogen and oxygen atoms in total. The van der Waals surface area contributed by atoms with Gasteiger partial charge in [0.2, 0.25) is 10.0 Å². The summed E-state index contributed by atoms with van der Waals surface area (Å²) in [6, 6.07) is 13.0. The SMILES string of the molecule is CN1CCN([C@H](CNS(=O)(=O)c2ccc3c(c2)OCCO3)c2ccc(N(C)C)cc2)CC1. The molecule has 2 aromatic rings. The number of anilines is 1. The Bertz CT molecular complexity index is 1020. The number of piperazine rings is 1. The standard InChI is InChI=1S/C23H32N4O4S/c1-25(2)19-6-4-18(5-7-19)21(27-12-10-26(3)11-13-27)17-24-32(28,29)20-8-9-22-23(16-20)31-15-14-30-22/h4-9,16,21,24H,10-15,17H2,1-3H3/t21-/m1/s1. The Balaban J connectivity index is 1.53. The molecule has 2 aromatic carbocycles. The van der Waals surface area contributed by atoms with Crippen LogP contribution in [0.3, 0.4) is 0 Å². The van der Waals surface area contributed by atoms with Crippen molar-refractivity contribution in [1.82, 2.24) is 14.5 Å². The molecule has 0 spiro atoms. The lowest BCUT2D eigenvalue weighted by atomic mass is 10.0. The molecule has 1 fully saturated rings. The number of nitrogens with zero attached hydrogens (tertiary/aromatic N) is 3. The van der Waals surface area contributed by atoms with Crippen molar-refractivity contribution in [1.29, 1.82) is 0 Å². The largest absolute Gasteiger partial charge is 0.486 e. The van der Waals surface area contributed by atoms with Crippen molar-refractivity contribution in [2.24, 2.45) is 0 Å². The van der Waals surface area contributed by atoms with Gasteiger partial charge in [0.05, 0.1) is 4.90 Å². The van der Waals surface area contributed by atoms with Gasteiger partial charge < -0.3 is 19.3 Å². The van der Waals surface area contributed by atoms with Crippen molar-refractivity contribution in [2.75, 3.05) is 72.0 Å². The molecular formula is C23H32N4O4S. The Kier molecular flexibility index (Phi) is 6.90. The second-order valence-corrected chi connectivity index (χ2v) is 10.3. The third-order valence-electron chi connectivity index (χ3n) is 6.06. The van der Waals surface area contributed by atoms with E-state index in [0.29, 0.717) is 31.3 Å². The first-order valence-corrected chi connectivity index (χ1v) is 12.4. The monoisotopic (exact) mass is 460 g/mol. The van der Waals surface area contributed by atoms with Crippen molar-refractivity contribution in [2.45, 2.75) is 10.9 Å². The smallest absolute Gasteiger partial charge is 0.240 e. The molecule has 1 saturated heterocycles. The first kappa shape index (κ1) is 22.8. The highest BCUT2D eigenvalue weighted by Crippen LogP contribution is 2.32. The molecule has 0 aliphatic carbocycles. The van der Waals surface area contributed by atoms with Crippen LogP contribution in [0, 0.1) is 0 Å². The van der Waals surface area contributed by atoms with Gasteiger partial charge in [-0.2, -0.15) is 0 Å². The van der Waals surface area contributed by atoms with Crippen molar-refractivity contribution < 1.29 is 17.9 Å². The van der Waals surface area contributed by atoms with Crippen LogP contribution in [0.1, 0.15) is 11.6 Å². The molecule has 0 saturated carbocycles. The number of benzene rings is 2. The van der Waals surface area contributed by atoms with E-state index in [0.717, 1.165) is 37.4 Å². The highest BCUT2D eigenvalue weighted by atomic mass is 32.2. The predicted molar refractivity (Wildman–Crippen MR) is 125 cm³/mol. The van der Waals surface area contributed by atoms with Crippen molar-refractivity contribution in [3.05, 3.63) is 48.0 Å². The number of sulfonamides is 1. The number of hydrogen-bond donors (Lipinski definition) is 1. The molecule has 0 amide bonds. The van der Waals surface area contributed by atoms with Crippen molar-refractivity contribution >= 4 is 15.7 Å². The molecule has 1 N–H and O–H groups in total. The van der Waals surface area contributed by atoms with Gasteiger partial charge in [-0.05, 0) is 36.9 Å². The normalized spacial score (nSPS) is 18.3. The number of fused-ring (bicyclic) bond motifs is 1. The average molecular weight is 461 g/mol. The highest BCUT2D eigenvalue weighted by Gasteiger charge is 2.27. The molecule has 2 aliphatic rings. The van der Waals surface area contributed by atoms with Crippen LogP contribution in [0.15, 0.2) is 47.4 Å². The van der Waals surface area contributed by atoms with E-state index in [1.54, 1.807) is 12.1 Å². The molecule has 0 bridgehead atoms. The first-order chi connectivity index (χ1) is 15.3. The molecule has 0 aromatic heterocycles. The third-order valence-corrected chi connectivity index (χ3v) is 7.48. The van der Waals surface area contributed by atoms with E-state index in [2.05, 4.69) is 50.7 Å². The maximum atomic E-state index is 13.1. The lowest BCUT2D eigenvalue weighted by molar-refractivity contribution is 0.113. The molecule has 0 radical (unpaired) electrons. The van der Waals surface area contributed by atoms with Crippen LogP contribution in [-0.2, 0) is 10.0 Å². The van der Waals surface area contributed by atoms with Gasteiger partial charge in [-0.3, -0.25) is 4.90 Å². The minimum Gasteiger partial charge on any atom is -0.486 e. The van der Waals surface area contributed by atoms with Crippen LogP contribution < -0.4 is 19.1 Å². The lowest BCUT2D eigenvalue weighted by Crippen LogP contribution is -2.48. The van der Waals surface area contributed by atoms with Gasteiger partial charge >= 0.3 is 0 Å². The molecule has 174 valence electrons. The summed E-state index contributed by atoms with van der Waals surface area (Å²) < 4.78 is 40.1. The summed E-state index contributed by atoms with van der Waals surface area (Å²) in [5.74, 6) is 1.04. The topological polar surface area (TPSA) is 74.3 Å². The summed E-state index contributed by atoms with van der Waals surface area (Å²) in [6.07, 6.45) is 0. The van der Waals surface area contributed by atoms with Gasteiger partial charge in [-0.1, -0.05) is 12.1 Å². The fraction of sp³-hybridized carbons (Fsp3) is 0.478. The van der Waals surface area contributed by atoms with Crippen molar-refractivity contribution in [3.63, 3.8) is 0 Å². The summed E-state index contributed by atoms with van der Waals surface area (Å²) in [7, 11) is 2.43. The number of hydrogen-bond acceptors (Lipinski definition) is 7. The van der Waals surface area contributed by atoms with E-state index in [9.17, 15) is 8.42 Å². The molecule has 4 rings (SSSR count). The molecule has 2 aliphatic heterocycles. The lowest BCUT2D eigenvalue weighted by Gasteiger charge is -2.38. The number of likely N-dealkylation sites (N-methyl/N-ethyl adjacent to an activating group) is 1. The zero-order valence-corrected chi connectivity index (χ0v) is 19.8. The van der Waals surface area contributed by atoms with E-state index in [1.165, 1.54) is 6.07 Å². The van der Waals surface area contributed by atoms with Crippen molar-refractivity contribution in [3.8, 4) is 11.5 Å². The van der Waals surface area contributed by atoms with Gasteiger partial charge in [0.25, 0.3) is 0 Å². The van der Waals surface area contributed by atoms with Crippen LogP contribution in [-0.4, -0.2) is 85.3 Å². The minimum absolute atomic E-state index is 0.0492. The van der Waals surface area contributed by atoms with E-state index in [4.69, 9.17) is 9.47 Å². The Labute approximate surface area is 190 Å². The fourth-order valence-corrected chi connectivity index (χ4v) is 5.10. The summed E-state index contributed by atoms with van der Waals surface area (Å²) in [5.41, 5.74) is 2.22. The predicted octanol–water partition coefficient (Wildman–Crippen LogP) is 1.79. The Morgan fingerprint density at radius 3 is 2.28 bits per heavy atom. The quantitative estimate of drug-likeness (QED) is 0.675. The second kappa shape index (κ2) is 9.66. The first-order valence-electron chi connectivity index (χ1n) is 10.9. The van der Waals surface area contributed by atoms with E-state index < -0.39 is 10.0 Å². The molecule has 9 heteroatoms. The van der Waals surface area contributed by atoms with Crippen LogP contribution in [0.4, 0.5) is 5.69 Å². The van der Waals surface area contributed by atoms with Gasteiger partial charge in [0, 0.05) is 64.6 Å². The summed E-state index contributed by atoms with van der Waals surface area (Å²) in [4.78, 5) is 6.89. The molecule has 2 heterocycles. The van der Waals surface area contributed by atoms with E-state index in [1.807, 2.05) is 14.1 Å². The van der Waals surface area contributed by atoms with E-state index >= 15 is 0 Å². The summed E-state index contributed by atoms with van der Waals surface area (Å²) in [5, 5.41) is 0. The summed E-state index contributed by atoms with van der Waals surface area (Å²) >= 11 is 0. The third kappa shape index (κ3) is 5.17. The molecule has 0 unspecified atom stereocenters. The molecule has 1 atom stereocenters. The average Bonchev–Trinajstić information content (AvgIpc) is 2.80. The molecular weight excluding hydrogens is 428 g/mol. The number of ether oxygens (including phenoxy) is 2. The Morgan fingerprint density at radius 2 is 1.62 bits per heavy atom. The highest BCUT2D eigenvalue weighted by molar-refractivity contribution is 7.89.